The van der Waals surface area contributed by atoms with Crippen molar-refractivity contribution >= 4 is 34.3 Å². The lowest BCUT2D eigenvalue weighted by molar-refractivity contribution is -0.383. The second-order valence-electron chi connectivity index (χ2n) is 8.79. The highest BCUT2D eigenvalue weighted by atomic mass is 35.5. The largest absolute Gasteiger partial charge is 0.416 e. The van der Waals surface area contributed by atoms with E-state index in [0.717, 1.165) is 12.1 Å². The molecule has 0 spiro atoms. The highest BCUT2D eigenvalue weighted by Gasteiger charge is 2.40. The molecule has 2 heterocycles. The number of non-ortho nitro benzene ring substituents is 1. The number of rotatable bonds is 7. The van der Waals surface area contributed by atoms with Crippen LogP contribution in [0.1, 0.15) is 22.4 Å². The van der Waals surface area contributed by atoms with Gasteiger partial charge >= 0.3 is 6.18 Å². The molecule has 2 aromatic heterocycles. The van der Waals surface area contributed by atoms with Crippen molar-refractivity contribution in [2.45, 2.75) is 18.1 Å². The number of nitrogens with one attached hydrogen (secondary N) is 2. The summed E-state index contributed by atoms with van der Waals surface area (Å²) in [7, 11) is 0. The molecule has 0 unspecified atom stereocenters. The van der Waals surface area contributed by atoms with Gasteiger partial charge in [0.15, 0.2) is 0 Å². The number of pyridine rings is 1. The monoisotopic (exact) mass is 555 g/mol. The Hall–Kier alpha value is -4.51. The van der Waals surface area contributed by atoms with E-state index in [-0.39, 0.29) is 45.4 Å². The van der Waals surface area contributed by atoms with Gasteiger partial charge in [0, 0.05) is 18.7 Å². The van der Waals surface area contributed by atoms with Gasteiger partial charge in [0.05, 0.1) is 26.7 Å². The van der Waals surface area contributed by atoms with Gasteiger partial charge in [-0.3, -0.25) is 15.1 Å². The van der Waals surface area contributed by atoms with Crippen molar-refractivity contribution < 1.29 is 22.5 Å². The first-order valence-electron chi connectivity index (χ1n) is 11.5. The van der Waals surface area contributed by atoms with E-state index in [4.69, 9.17) is 11.6 Å². The van der Waals surface area contributed by atoms with Crippen LogP contribution in [0.5, 0.6) is 0 Å². The van der Waals surface area contributed by atoms with Crippen LogP contribution < -0.4 is 5.32 Å². The second-order valence-corrected chi connectivity index (χ2v) is 9.23. The highest BCUT2D eigenvalue weighted by Crippen LogP contribution is 2.40. The number of para-hydroxylation sites is 1. The molecule has 198 valence electrons. The number of hydrogen-bond acceptors (Lipinski definition) is 5. The van der Waals surface area contributed by atoms with E-state index in [9.17, 15) is 27.7 Å². The minimum atomic E-state index is -4.83. The van der Waals surface area contributed by atoms with Gasteiger partial charge in [0.2, 0.25) is 5.95 Å². The van der Waals surface area contributed by atoms with Crippen LogP contribution in [0.15, 0.2) is 85.1 Å². The molecule has 7 nitrogen and oxygen atoms in total. The van der Waals surface area contributed by atoms with Crippen LogP contribution in [-0.2, 0) is 18.1 Å². The quantitative estimate of drug-likeness (QED) is 0.125. The van der Waals surface area contributed by atoms with Gasteiger partial charge in [0.1, 0.15) is 16.9 Å². The standard InChI is InChI=1S/C27H18ClF4N5O2/c28-19-9-10-23(33-15-19)26(14-16-5-2-1-3-6-16,17-11-18(27(30,31)32)13-20(29)12-17)36-25-34-21-7-4-8-22(37(38)39)24(21)35-25/h1-13,15H,14H2,(H2,34,35,36)/t26-/m1/s1. The van der Waals surface area contributed by atoms with Crippen LogP contribution >= 0.6 is 11.6 Å². The number of fused-ring (bicyclic) bond motifs is 1. The third-order valence-corrected chi connectivity index (χ3v) is 6.44. The summed E-state index contributed by atoms with van der Waals surface area (Å²) >= 11 is 6.06. The fraction of sp³-hybridized carbons (Fsp3) is 0.111. The fourth-order valence-corrected chi connectivity index (χ4v) is 4.59. The first kappa shape index (κ1) is 26.1. The Kier molecular flexibility index (Phi) is 6.69. The zero-order chi connectivity index (χ0) is 27.8. The molecule has 3 aromatic carbocycles. The zero-order valence-corrected chi connectivity index (χ0v) is 20.6. The summed E-state index contributed by atoms with van der Waals surface area (Å²) in [6, 6.07) is 18.4. The Morgan fingerprint density at radius 3 is 2.38 bits per heavy atom. The predicted molar refractivity (Wildman–Crippen MR) is 138 cm³/mol. The van der Waals surface area contributed by atoms with Gasteiger partial charge in [-0.25, -0.2) is 9.37 Å². The molecule has 0 saturated heterocycles. The molecule has 12 heteroatoms. The first-order valence-corrected chi connectivity index (χ1v) is 11.9. The Labute approximate surface area is 223 Å². The number of halogens is 5. The van der Waals surface area contributed by atoms with Gasteiger partial charge in [-0.15, -0.1) is 0 Å². The van der Waals surface area contributed by atoms with Crippen molar-refractivity contribution in [3.05, 3.63) is 128 Å². The number of nitrogens with zero attached hydrogens (tertiary/aromatic N) is 3. The van der Waals surface area contributed by atoms with Crippen molar-refractivity contribution in [3.63, 3.8) is 0 Å². The molecule has 1 atom stereocenters. The van der Waals surface area contributed by atoms with Crippen LogP contribution in [0.2, 0.25) is 5.02 Å². The minimum Gasteiger partial charge on any atom is -0.340 e. The molecule has 0 saturated carbocycles. The maximum atomic E-state index is 14.8. The summed E-state index contributed by atoms with van der Waals surface area (Å²) < 4.78 is 56.2. The molecule has 5 aromatic rings. The maximum Gasteiger partial charge on any atom is 0.416 e. The number of anilines is 1. The van der Waals surface area contributed by atoms with E-state index in [2.05, 4.69) is 20.3 Å². The molecule has 0 radical (unpaired) electrons. The van der Waals surface area contributed by atoms with Gasteiger partial charge in [-0.05, 0) is 47.5 Å². The number of aromatic nitrogens is 3. The predicted octanol–water partition coefficient (Wildman–Crippen LogP) is 7.28. The molecule has 0 aliphatic carbocycles. The van der Waals surface area contributed by atoms with Crippen LogP contribution in [0, 0.1) is 15.9 Å². The van der Waals surface area contributed by atoms with Crippen molar-refractivity contribution in [2.75, 3.05) is 5.32 Å². The number of nitro benzene ring substituents is 1. The molecule has 0 bridgehead atoms. The highest BCUT2D eigenvalue weighted by molar-refractivity contribution is 6.30. The van der Waals surface area contributed by atoms with E-state index in [0.29, 0.717) is 11.6 Å². The van der Waals surface area contributed by atoms with Crippen LogP contribution in [0.3, 0.4) is 0 Å². The average Bonchev–Trinajstić information content (AvgIpc) is 3.30. The number of imidazole rings is 1. The van der Waals surface area contributed by atoms with Crippen molar-refractivity contribution in [1.29, 1.82) is 0 Å². The number of alkyl halides is 3. The van der Waals surface area contributed by atoms with Gasteiger partial charge in [-0.1, -0.05) is 48.0 Å². The maximum absolute atomic E-state index is 14.8. The van der Waals surface area contributed by atoms with Gasteiger partial charge < -0.3 is 10.3 Å². The normalized spacial score (nSPS) is 13.3. The number of hydrogen-bond donors (Lipinski definition) is 2. The topological polar surface area (TPSA) is 96.7 Å². The summed E-state index contributed by atoms with van der Waals surface area (Å²) in [6.07, 6.45) is -3.50. The summed E-state index contributed by atoms with van der Waals surface area (Å²) in [6.45, 7) is 0. The SMILES string of the molecule is O=[N+]([O-])c1cccc2nc(N[C@](Cc3ccccc3)(c3cc(F)cc(C(F)(F)F)c3)c3ccc(Cl)cn3)[nH]c12. The van der Waals surface area contributed by atoms with E-state index in [1.54, 1.807) is 36.4 Å². The number of nitro groups is 1. The molecule has 0 amide bonds. The number of benzene rings is 3. The second kappa shape index (κ2) is 9.99. The van der Waals surface area contributed by atoms with Crippen LogP contribution in [-0.4, -0.2) is 19.9 Å². The molecule has 39 heavy (non-hydrogen) atoms. The summed E-state index contributed by atoms with van der Waals surface area (Å²) in [4.78, 5) is 22.6. The van der Waals surface area contributed by atoms with E-state index in [1.807, 2.05) is 0 Å². The van der Waals surface area contributed by atoms with E-state index >= 15 is 0 Å². The lowest BCUT2D eigenvalue weighted by Crippen LogP contribution is -2.40. The number of aromatic amines is 1. The Morgan fingerprint density at radius 1 is 0.974 bits per heavy atom. The minimum absolute atomic E-state index is 0.00234. The lowest BCUT2D eigenvalue weighted by atomic mass is 9.80. The van der Waals surface area contributed by atoms with Crippen LogP contribution in [0.4, 0.5) is 29.2 Å². The van der Waals surface area contributed by atoms with Crippen molar-refractivity contribution in [2.24, 2.45) is 0 Å². The van der Waals surface area contributed by atoms with E-state index in [1.165, 1.54) is 30.5 Å². The van der Waals surface area contributed by atoms with Gasteiger partial charge in [0.25, 0.3) is 5.69 Å². The Balaban J connectivity index is 1.79. The third-order valence-electron chi connectivity index (χ3n) is 6.22. The molecule has 0 aliphatic heterocycles. The summed E-state index contributed by atoms with van der Waals surface area (Å²) in [5.41, 5.74) is -1.90. The smallest absolute Gasteiger partial charge is 0.340 e. The van der Waals surface area contributed by atoms with Gasteiger partial charge in [-0.2, -0.15) is 13.2 Å². The molecule has 5 rings (SSSR count). The van der Waals surface area contributed by atoms with E-state index < -0.39 is 28.0 Å². The number of H-pyrrole nitrogens is 1. The third kappa shape index (κ3) is 5.26. The Bertz CT molecular complexity index is 1660. The molecular weight excluding hydrogens is 538 g/mol. The summed E-state index contributed by atoms with van der Waals surface area (Å²) in [5, 5.41) is 15.0. The molecule has 0 fully saturated rings. The van der Waals surface area contributed by atoms with Crippen molar-refractivity contribution in [3.8, 4) is 0 Å². The Morgan fingerprint density at radius 2 is 1.72 bits per heavy atom. The lowest BCUT2D eigenvalue weighted by Gasteiger charge is -2.35. The van der Waals surface area contributed by atoms with Crippen LogP contribution in [0.25, 0.3) is 11.0 Å². The van der Waals surface area contributed by atoms with Crippen molar-refractivity contribution in [1.82, 2.24) is 15.0 Å². The molecular formula is C27H18ClF4N5O2. The molecule has 0 aliphatic rings. The summed E-state index contributed by atoms with van der Waals surface area (Å²) in [5.74, 6) is -1.10. The average molecular weight is 556 g/mol. The fourth-order valence-electron chi connectivity index (χ4n) is 4.48. The zero-order valence-electron chi connectivity index (χ0n) is 19.8. The first-order chi connectivity index (χ1) is 18.5. The molecule has 2 N–H and O–H groups in total.